The van der Waals surface area contributed by atoms with Crippen LogP contribution < -0.4 is 5.73 Å². The van der Waals surface area contributed by atoms with Gasteiger partial charge in [-0.15, -0.1) is 0 Å². The molecule has 0 unspecified atom stereocenters. The lowest BCUT2D eigenvalue weighted by Crippen LogP contribution is -2.00. The second kappa shape index (κ2) is 5.78. The Labute approximate surface area is 129 Å². The first kappa shape index (κ1) is 14.0. The molecule has 4 heteroatoms. The number of aryl methyl sites for hydroxylation is 1. The van der Waals surface area contributed by atoms with E-state index in [4.69, 9.17) is 22.3 Å². The van der Waals surface area contributed by atoms with E-state index in [9.17, 15) is 0 Å². The van der Waals surface area contributed by atoms with Crippen LogP contribution in [-0.2, 0) is 6.54 Å². The highest BCUT2D eigenvalue weighted by atomic mass is 35.5. The van der Waals surface area contributed by atoms with Gasteiger partial charge in [0.1, 0.15) is 11.3 Å². The van der Waals surface area contributed by atoms with Gasteiger partial charge in [0, 0.05) is 17.1 Å². The third kappa shape index (κ3) is 2.61. The summed E-state index contributed by atoms with van der Waals surface area (Å²) in [6.45, 7) is 3.12. The van der Waals surface area contributed by atoms with Crippen LogP contribution in [0.4, 0.5) is 5.69 Å². The minimum atomic E-state index is 0.714. The van der Waals surface area contributed by atoms with E-state index in [1.165, 1.54) is 0 Å². The number of nitrogens with zero attached hydrogens (tertiary/aromatic N) is 2. The van der Waals surface area contributed by atoms with Crippen LogP contribution in [-0.4, -0.2) is 9.55 Å². The van der Waals surface area contributed by atoms with Crippen LogP contribution in [0, 0.1) is 0 Å². The molecule has 0 radical (unpaired) electrons. The number of rotatable bonds is 4. The van der Waals surface area contributed by atoms with E-state index in [0.29, 0.717) is 5.69 Å². The summed E-state index contributed by atoms with van der Waals surface area (Å²) in [5, 5.41) is 0.717. The zero-order valence-corrected chi connectivity index (χ0v) is 12.8. The van der Waals surface area contributed by atoms with Gasteiger partial charge in [-0.3, -0.25) is 0 Å². The Bertz CT molecular complexity index is 777. The number of imidazole rings is 1. The van der Waals surface area contributed by atoms with Crippen molar-refractivity contribution in [1.29, 1.82) is 0 Å². The zero-order chi connectivity index (χ0) is 14.8. The second-order valence-electron chi connectivity index (χ2n) is 5.17. The van der Waals surface area contributed by atoms with Crippen LogP contribution in [0.15, 0.2) is 42.5 Å². The third-order valence-corrected chi connectivity index (χ3v) is 3.86. The first-order valence-electron chi connectivity index (χ1n) is 7.21. The quantitative estimate of drug-likeness (QED) is 0.707. The van der Waals surface area contributed by atoms with Crippen molar-refractivity contribution in [3.8, 4) is 11.4 Å². The van der Waals surface area contributed by atoms with Gasteiger partial charge in [-0.1, -0.05) is 43.1 Å². The predicted molar refractivity (Wildman–Crippen MR) is 89.5 cm³/mol. The fourth-order valence-electron chi connectivity index (χ4n) is 2.56. The first-order valence-corrected chi connectivity index (χ1v) is 7.59. The summed E-state index contributed by atoms with van der Waals surface area (Å²) in [6, 6.07) is 13.7. The van der Waals surface area contributed by atoms with Crippen molar-refractivity contribution in [2.45, 2.75) is 26.3 Å². The Kier molecular flexibility index (Phi) is 3.84. The molecule has 2 N–H and O–H groups in total. The van der Waals surface area contributed by atoms with Crippen molar-refractivity contribution in [1.82, 2.24) is 9.55 Å². The topological polar surface area (TPSA) is 43.8 Å². The summed E-state index contributed by atoms with van der Waals surface area (Å²) < 4.78 is 2.24. The van der Waals surface area contributed by atoms with E-state index >= 15 is 0 Å². The average Bonchev–Trinajstić information content (AvgIpc) is 2.85. The summed E-state index contributed by atoms with van der Waals surface area (Å²) in [4.78, 5) is 4.76. The number of para-hydroxylation sites is 1. The van der Waals surface area contributed by atoms with E-state index in [-0.39, 0.29) is 0 Å². The molecule has 0 spiro atoms. The predicted octanol–water partition coefficient (Wildman–Crippen LogP) is 4.74. The highest BCUT2D eigenvalue weighted by Crippen LogP contribution is 2.29. The summed E-state index contributed by atoms with van der Waals surface area (Å²) in [7, 11) is 0. The number of aromatic nitrogens is 2. The SMILES string of the molecule is CCCCn1c(-c2cccc(Cl)c2)nc2c(N)cccc21. The van der Waals surface area contributed by atoms with Crippen molar-refractivity contribution in [2.24, 2.45) is 0 Å². The molecule has 3 aromatic rings. The molecular weight excluding hydrogens is 282 g/mol. The summed E-state index contributed by atoms with van der Waals surface area (Å²) in [5.41, 5.74) is 9.76. The van der Waals surface area contributed by atoms with Gasteiger partial charge in [-0.2, -0.15) is 0 Å². The zero-order valence-electron chi connectivity index (χ0n) is 12.0. The van der Waals surface area contributed by atoms with Crippen LogP contribution in [0.1, 0.15) is 19.8 Å². The Morgan fingerprint density at radius 2 is 2.00 bits per heavy atom. The van der Waals surface area contributed by atoms with Gasteiger partial charge >= 0.3 is 0 Å². The monoisotopic (exact) mass is 299 g/mol. The van der Waals surface area contributed by atoms with Gasteiger partial charge in [0.15, 0.2) is 0 Å². The van der Waals surface area contributed by atoms with Crippen molar-refractivity contribution in [3.63, 3.8) is 0 Å². The van der Waals surface area contributed by atoms with Crippen LogP contribution >= 0.6 is 11.6 Å². The van der Waals surface area contributed by atoms with Crippen LogP contribution in [0.25, 0.3) is 22.4 Å². The number of hydrogen-bond acceptors (Lipinski definition) is 2. The molecule has 0 saturated heterocycles. The number of halogens is 1. The molecule has 0 atom stereocenters. The van der Waals surface area contributed by atoms with Gasteiger partial charge in [0.25, 0.3) is 0 Å². The highest BCUT2D eigenvalue weighted by Gasteiger charge is 2.14. The van der Waals surface area contributed by atoms with E-state index in [2.05, 4.69) is 17.6 Å². The standard InChI is InChI=1S/C17H18ClN3/c1-2-3-10-21-15-9-5-8-14(19)16(15)20-17(21)12-6-4-7-13(18)11-12/h4-9,11H,2-3,10,19H2,1H3. The third-order valence-electron chi connectivity index (χ3n) is 3.63. The molecule has 0 saturated carbocycles. The number of hydrogen-bond donors (Lipinski definition) is 1. The van der Waals surface area contributed by atoms with Gasteiger partial charge in [-0.05, 0) is 30.7 Å². The Morgan fingerprint density at radius 3 is 2.76 bits per heavy atom. The molecule has 0 fully saturated rings. The molecule has 0 aliphatic rings. The van der Waals surface area contributed by atoms with Crippen molar-refractivity contribution in [2.75, 3.05) is 5.73 Å². The number of unbranched alkanes of at least 4 members (excludes halogenated alkanes) is 1. The van der Waals surface area contributed by atoms with Gasteiger partial charge in [-0.25, -0.2) is 4.98 Å². The molecule has 3 rings (SSSR count). The van der Waals surface area contributed by atoms with Crippen LogP contribution in [0.5, 0.6) is 0 Å². The van der Waals surface area contributed by atoms with Crippen molar-refractivity contribution >= 4 is 28.3 Å². The van der Waals surface area contributed by atoms with Crippen molar-refractivity contribution < 1.29 is 0 Å². The molecule has 3 nitrogen and oxygen atoms in total. The molecule has 1 heterocycles. The summed E-state index contributed by atoms with van der Waals surface area (Å²) in [5.74, 6) is 0.929. The second-order valence-corrected chi connectivity index (χ2v) is 5.60. The first-order chi connectivity index (χ1) is 10.2. The Hall–Kier alpha value is -2.00. The normalized spacial score (nSPS) is 11.1. The molecule has 1 aromatic heterocycles. The minimum Gasteiger partial charge on any atom is -0.397 e. The van der Waals surface area contributed by atoms with Crippen molar-refractivity contribution in [3.05, 3.63) is 47.5 Å². The van der Waals surface area contributed by atoms with E-state index in [1.807, 2.05) is 36.4 Å². The maximum Gasteiger partial charge on any atom is 0.141 e. The fourth-order valence-corrected chi connectivity index (χ4v) is 2.75. The average molecular weight is 300 g/mol. The van der Waals surface area contributed by atoms with Gasteiger partial charge < -0.3 is 10.3 Å². The smallest absolute Gasteiger partial charge is 0.141 e. The molecule has 0 amide bonds. The van der Waals surface area contributed by atoms with Gasteiger partial charge in [0.05, 0.1) is 11.2 Å². The molecule has 21 heavy (non-hydrogen) atoms. The maximum absolute atomic E-state index is 6.12. The highest BCUT2D eigenvalue weighted by molar-refractivity contribution is 6.30. The minimum absolute atomic E-state index is 0.714. The number of nitrogens with two attached hydrogens (primary N) is 1. The van der Waals surface area contributed by atoms with E-state index < -0.39 is 0 Å². The summed E-state index contributed by atoms with van der Waals surface area (Å²) >= 11 is 6.12. The number of benzene rings is 2. The molecule has 0 bridgehead atoms. The largest absolute Gasteiger partial charge is 0.397 e. The molecular formula is C17H18ClN3. The van der Waals surface area contributed by atoms with Gasteiger partial charge in [0.2, 0.25) is 0 Å². The Morgan fingerprint density at radius 1 is 1.19 bits per heavy atom. The molecule has 2 aromatic carbocycles. The lowest BCUT2D eigenvalue weighted by atomic mass is 10.2. The lowest BCUT2D eigenvalue weighted by molar-refractivity contribution is 0.651. The molecule has 108 valence electrons. The van der Waals surface area contributed by atoms with Crippen LogP contribution in [0.2, 0.25) is 5.02 Å². The van der Waals surface area contributed by atoms with Crippen LogP contribution in [0.3, 0.4) is 0 Å². The summed E-state index contributed by atoms with van der Waals surface area (Å²) in [6.07, 6.45) is 2.24. The fraction of sp³-hybridized carbons (Fsp3) is 0.235. The maximum atomic E-state index is 6.12. The molecule has 0 aliphatic heterocycles. The lowest BCUT2D eigenvalue weighted by Gasteiger charge is -2.09. The number of nitrogen functional groups attached to an aromatic ring is 1. The van der Waals surface area contributed by atoms with E-state index in [1.54, 1.807) is 0 Å². The van der Waals surface area contributed by atoms with E-state index in [0.717, 1.165) is 46.8 Å². The molecule has 0 aliphatic carbocycles. The number of fused-ring (bicyclic) bond motifs is 1. The Balaban J connectivity index is 2.23. The number of anilines is 1.